The predicted octanol–water partition coefficient (Wildman–Crippen LogP) is 4.65. The lowest BCUT2D eigenvalue weighted by Crippen LogP contribution is -2.06. The molecule has 0 aliphatic rings. The van der Waals surface area contributed by atoms with E-state index in [1.807, 2.05) is 36.4 Å². The summed E-state index contributed by atoms with van der Waals surface area (Å²) in [5.74, 6) is 0. The number of pyridine rings is 1. The van der Waals surface area contributed by atoms with Gasteiger partial charge in [0.25, 0.3) is 0 Å². The molecule has 0 saturated carbocycles. The summed E-state index contributed by atoms with van der Waals surface area (Å²) in [6.45, 7) is 4.10. The first-order valence-corrected chi connectivity index (χ1v) is 8.49. The van der Waals surface area contributed by atoms with E-state index in [1.54, 1.807) is 6.20 Å². The van der Waals surface area contributed by atoms with Crippen molar-refractivity contribution in [3.8, 4) is 6.07 Å². The van der Waals surface area contributed by atoms with E-state index >= 15 is 0 Å². The second-order valence-corrected chi connectivity index (χ2v) is 5.85. The van der Waals surface area contributed by atoms with Gasteiger partial charge in [-0.25, -0.2) is 0 Å². The van der Waals surface area contributed by atoms with Gasteiger partial charge in [0.1, 0.15) is 6.07 Å². The average molecular weight is 331 g/mol. The summed E-state index contributed by atoms with van der Waals surface area (Å²) in [6, 6.07) is 18.3. The van der Waals surface area contributed by atoms with Gasteiger partial charge in [-0.05, 0) is 23.6 Å². The second kappa shape index (κ2) is 8.27. The van der Waals surface area contributed by atoms with Crippen LogP contribution in [0.1, 0.15) is 30.0 Å². The van der Waals surface area contributed by atoms with Gasteiger partial charge in [-0.2, -0.15) is 5.26 Å². The third-order valence-electron chi connectivity index (χ3n) is 4.08. The van der Waals surface area contributed by atoms with E-state index in [-0.39, 0.29) is 0 Å². The van der Waals surface area contributed by atoms with Gasteiger partial charge in [-0.3, -0.25) is 4.98 Å². The van der Waals surface area contributed by atoms with E-state index in [2.05, 4.69) is 35.4 Å². The number of benzene rings is 2. The maximum atomic E-state index is 9.42. The normalized spacial score (nSPS) is 10.6. The lowest BCUT2D eigenvalue weighted by Gasteiger charge is -2.14. The highest BCUT2D eigenvalue weighted by Gasteiger charge is 2.09. The molecule has 0 bridgehead atoms. The van der Waals surface area contributed by atoms with Crippen LogP contribution in [0.4, 0.5) is 5.69 Å². The Morgan fingerprint density at radius 2 is 1.84 bits per heavy atom. The van der Waals surface area contributed by atoms with Crippen molar-refractivity contribution in [2.24, 2.45) is 0 Å². The average Bonchev–Trinajstić information content (AvgIpc) is 2.67. The van der Waals surface area contributed by atoms with Crippen LogP contribution in [0.5, 0.6) is 0 Å². The van der Waals surface area contributed by atoms with E-state index in [4.69, 9.17) is 4.74 Å². The molecule has 0 unspecified atom stereocenters. The van der Waals surface area contributed by atoms with E-state index < -0.39 is 0 Å². The van der Waals surface area contributed by atoms with Gasteiger partial charge in [0.2, 0.25) is 0 Å². The third-order valence-corrected chi connectivity index (χ3v) is 4.08. The fraction of sp³-hybridized carbons (Fsp3) is 0.238. The zero-order valence-corrected chi connectivity index (χ0v) is 14.3. The maximum absolute atomic E-state index is 9.42. The van der Waals surface area contributed by atoms with E-state index in [0.29, 0.717) is 18.7 Å². The molecule has 126 valence electrons. The number of nitrogens with zero attached hydrogens (tertiary/aromatic N) is 2. The molecule has 0 aliphatic carbocycles. The molecular weight excluding hydrogens is 310 g/mol. The molecule has 0 aliphatic heterocycles. The van der Waals surface area contributed by atoms with Crippen LogP contribution in [-0.2, 0) is 17.9 Å². The molecule has 0 spiro atoms. The summed E-state index contributed by atoms with van der Waals surface area (Å²) in [6.07, 6.45) is 2.63. The number of anilines is 1. The summed E-state index contributed by atoms with van der Waals surface area (Å²) in [4.78, 5) is 4.35. The van der Waals surface area contributed by atoms with Gasteiger partial charge in [0.05, 0.1) is 23.4 Å². The number of fused-ring (bicyclic) bond motifs is 1. The van der Waals surface area contributed by atoms with Crippen LogP contribution in [0.25, 0.3) is 10.9 Å². The summed E-state index contributed by atoms with van der Waals surface area (Å²) < 4.78 is 5.69. The monoisotopic (exact) mass is 331 g/mol. The quantitative estimate of drug-likeness (QED) is 0.641. The van der Waals surface area contributed by atoms with Crippen LogP contribution in [0.2, 0.25) is 0 Å². The highest BCUT2D eigenvalue weighted by molar-refractivity contribution is 5.93. The molecule has 0 atom stereocenters. The van der Waals surface area contributed by atoms with Crippen molar-refractivity contribution in [3.63, 3.8) is 0 Å². The molecule has 4 nitrogen and oxygen atoms in total. The van der Waals surface area contributed by atoms with Crippen LogP contribution in [-0.4, -0.2) is 11.6 Å². The largest absolute Gasteiger partial charge is 0.379 e. The Bertz CT molecular complexity index is 899. The minimum absolute atomic E-state index is 0.554. The Kier molecular flexibility index (Phi) is 5.61. The highest BCUT2D eigenvalue weighted by atomic mass is 16.5. The predicted molar refractivity (Wildman–Crippen MR) is 100 cm³/mol. The Morgan fingerprint density at radius 1 is 1.08 bits per heavy atom. The summed E-state index contributed by atoms with van der Waals surface area (Å²) in [5, 5.41) is 13.8. The van der Waals surface area contributed by atoms with Gasteiger partial charge >= 0.3 is 0 Å². The minimum atomic E-state index is 0.554. The van der Waals surface area contributed by atoms with Crippen molar-refractivity contribution in [2.45, 2.75) is 26.5 Å². The highest BCUT2D eigenvalue weighted by Crippen LogP contribution is 2.26. The van der Waals surface area contributed by atoms with Crippen molar-refractivity contribution in [1.29, 1.82) is 5.26 Å². The van der Waals surface area contributed by atoms with Crippen LogP contribution >= 0.6 is 0 Å². The number of nitrogens with one attached hydrogen (secondary N) is 1. The number of aromatic nitrogens is 1. The van der Waals surface area contributed by atoms with Crippen LogP contribution in [0.3, 0.4) is 0 Å². The summed E-state index contributed by atoms with van der Waals surface area (Å²) in [5.41, 5.74) is 4.60. The van der Waals surface area contributed by atoms with Crippen LogP contribution < -0.4 is 5.32 Å². The molecule has 1 heterocycles. The summed E-state index contributed by atoms with van der Waals surface area (Å²) >= 11 is 0. The van der Waals surface area contributed by atoms with Gasteiger partial charge < -0.3 is 10.1 Å². The second-order valence-electron chi connectivity index (χ2n) is 5.85. The molecule has 0 amide bonds. The fourth-order valence-electron chi connectivity index (χ4n) is 2.80. The Hall–Kier alpha value is -2.90. The molecule has 2 aromatic carbocycles. The number of hydrogen-bond acceptors (Lipinski definition) is 4. The van der Waals surface area contributed by atoms with Gasteiger partial charge in [0, 0.05) is 24.7 Å². The molecular formula is C21H21N3O. The minimum Gasteiger partial charge on any atom is -0.379 e. The lowest BCUT2D eigenvalue weighted by molar-refractivity contribution is 0.121. The molecule has 0 saturated heterocycles. The Labute approximate surface area is 148 Å². The number of ether oxygens (including phenoxy) is 1. The van der Waals surface area contributed by atoms with Crippen LogP contribution in [0, 0.1) is 11.3 Å². The van der Waals surface area contributed by atoms with Crippen molar-refractivity contribution >= 4 is 16.6 Å². The van der Waals surface area contributed by atoms with Gasteiger partial charge in [-0.1, -0.05) is 49.4 Å². The SMILES string of the molecule is CCCOCc1ccccc1CNc1c(C#N)cnc2ccccc12. The summed E-state index contributed by atoms with van der Waals surface area (Å²) in [7, 11) is 0. The smallest absolute Gasteiger partial charge is 0.103 e. The zero-order chi connectivity index (χ0) is 17.5. The standard InChI is InChI=1S/C21H21N3O/c1-2-11-25-15-17-8-4-3-7-16(17)13-24-21-18(12-22)14-23-20-10-6-5-9-19(20)21/h3-10,14H,2,11,13,15H2,1H3,(H,23,24). The third kappa shape index (κ3) is 3.96. The number of para-hydroxylation sites is 1. The number of nitriles is 1. The molecule has 0 radical (unpaired) electrons. The number of rotatable bonds is 7. The van der Waals surface area contributed by atoms with E-state index in [1.165, 1.54) is 11.1 Å². The first kappa shape index (κ1) is 16.9. The zero-order valence-electron chi connectivity index (χ0n) is 14.3. The fourth-order valence-corrected chi connectivity index (χ4v) is 2.80. The first-order chi connectivity index (χ1) is 12.3. The maximum Gasteiger partial charge on any atom is 0.103 e. The first-order valence-electron chi connectivity index (χ1n) is 8.49. The van der Waals surface area contributed by atoms with Crippen molar-refractivity contribution in [1.82, 2.24) is 4.98 Å². The molecule has 25 heavy (non-hydrogen) atoms. The Morgan fingerprint density at radius 3 is 2.64 bits per heavy atom. The molecule has 3 aromatic rings. The van der Waals surface area contributed by atoms with Crippen LogP contribution in [0.15, 0.2) is 54.7 Å². The van der Waals surface area contributed by atoms with Crippen molar-refractivity contribution in [3.05, 3.63) is 71.4 Å². The van der Waals surface area contributed by atoms with Gasteiger partial charge in [-0.15, -0.1) is 0 Å². The molecule has 4 heteroatoms. The molecule has 0 fully saturated rings. The van der Waals surface area contributed by atoms with E-state index in [0.717, 1.165) is 29.6 Å². The Balaban J connectivity index is 1.85. The topological polar surface area (TPSA) is 57.9 Å². The molecule has 3 rings (SSSR count). The van der Waals surface area contributed by atoms with Crippen molar-refractivity contribution < 1.29 is 4.74 Å². The van der Waals surface area contributed by atoms with Gasteiger partial charge in [0.15, 0.2) is 0 Å². The lowest BCUT2D eigenvalue weighted by atomic mass is 10.1. The molecule has 1 N–H and O–H groups in total. The van der Waals surface area contributed by atoms with E-state index in [9.17, 15) is 5.26 Å². The molecule has 1 aromatic heterocycles. The number of hydrogen-bond donors (Lipinski definition) is 1. The van der Waals surface area contributed by atoms with Crippen molar-refractivity contribution in [2.75, 3.05) is 11.9 Å².